The SMILES string of the molecule is COc1cc(N[C@@H](C)C(=O)Nc2ccccc2C#N)cc(OC)c1OC. The number of methoxy groups -OCH3 is 3. The zero-order chi connectivity index (χ0) is 19.1. The molecule has 0 saturated carbocycles. The summed E-state index contributed by atoms with van der Waals surface area (Å²) in [5.74, 6) is 1.16. The van der Waals surface area contributed by atoms with Gasteiger partial charge in [0.15, 0.2) is 11.5 Å². The molecule has 7 heteroatoms. The van der Waals surface area contributed by atoms with Gasteiger partial charge in [-0.15, -0.1) is 0 Å². The molecule has 1 amide bonds. The topological polar surface area (TPSA) is 92.6 Å². The summed E-state index contributed by atoms with van der Waals surface area (Å²) in [6.07, 6.45) is 0. The highest BCUT2D eigenvalue weighted by Crippen LogP contribution is 2.40. The number of carbonyl (C=O) groups is 1. The molecule has 0 fully saturated rings. The van der Waals surface area contributed by atoms with E-state index in [1.807, 2.05) is 0 Å². The summed E-state index contributed by atoms with van der Waals surface area (Å²) in [4.78, 5) is 12.4. The Morgan fingerprint density at radius 2 is 1.69 bits per heavy atom. The van der Waals surface area contributed by atoms with Crippen LogP contribution in [0.1, 0.15) is 12.5 Å². The molecule has 0 saturated heterocycles. The van der Waals surface area contributed by atoms with Crippen LogP contribution in [0.3, 0.4) is 0 Å². The van der Waals surface area contributed by atoms with E-state index in [2.05, 4.69) is 16.7 Å². The third-order valence-corrected chi connectivity index (χ3v) is 3.75. The van der Waals surface area contributed by atoms with Crippen LogP contribution in [0.25, 0.3) is 0 Å². The number of carbonyl (C=O) groups excluding carboxylic acids is 1. The molecule has 0 aromatic heterocycles. The Bertz CT molecular complexity index is 805. The van der Waals surface area contributed by atoms with Crippen LogP contribution in [0.5, 0.6) is 17.2 Å². The predicted octanol–water partition coefficient (Wildman–Crippen LogP) is 3.02. The minimum atomic E-state index is -0.565. The predicted molar refractivity (Wildman–Crippen MR) is 99.0 cm³/mol. The van der Waals surface area contributed by atoms with Gasteiger partial charge in [-0.1, -0.05) is 12.1 Å². The smallest absolute Gasteiger partial charge is 0.246 e. The van der Waals surface area contributed by atoms with Crippen LogP contribution in [0.2, 0.25) is 0 Å². The summed E-state index contributed by atoms with van der Waals surface area (Å²) in [7, 11) is 4.57. The van der Waals surface area contributed by atoms with E-state index < -0.39 is 6.04 Å². The average Bonchev–Trinajstić information content (AvgIpc) is 2.67. The zero-order valence-corrected chi connectivity index (χ0v) is 15.1. The average molecular weight is 355 g/mol. The van der Waals surface area contributed by atoms with E-state index in [4.69, 9.17) is 19.5 Å². The first-order valence-electron chi connectivity index (χ1n) is 7.90. The van der Waals surface area contributed by atoms with Gasteiger partial charge in [-0.2, -0.15) is 5.26 Å². The van der Waals surface area contributed by atoms with Crippen LogP contribution >= 0.6 is 0 Å². The van der Waals surface area contributed by atoms with Crippen molar-refractivity contribution in [2.24, 2.45) is 0 Å². The molecule has 2 aromatic carbocycles. The standard InChI is InChI=1S/C19H21N3O4/c1-12(19(23)22-15-8-6-5-7-13(15)11-20)21-14-9-16(24-2)18(26-4)17(10-14)25-3/h5-10,12,21H,1-4H3,(H,22,23)/t12-/m0/s1. The van der Waals surface area contributed by atoms with Crippen molar-refractivity contribution in [2.45, 2.75) is 13.0 Å². The van der Waals surface area contributed by atoms with E-state index >= 15 is 0 Å². The molecule has 0 aliphatic rings. The van der Waals surface area contributed by atoms with E-state index in [0.717, 1.165) is 0 Å². The molecule has 2 N–H and O–H groups in total. The third-order valence-electron chi connectivity index (χ3n) is 3.75. The van der Waals surface area contributed by atoms with Gasteiger partial charge in [-0.25, -0.2) is 0 Å². The molecule has 1 atom stereocenters. The van der Waals surface area contributed by atoms with Gasteiger partial charge >= 0.3 is 0 Å². The lowest BCUT2D eigenvalue weighted by molar-refractivity contribution is -0.116. The maximum absolute atomic E-state index is 12.4. The summed E-state index contributed by atoms with van der Waals surface area (Å²) in [6.45, 7) is 1.72. The highest BCUT2D eigenvalue weighted by Gasteiger charge is 2.18. The fourth-order valence-corrected chi connectivity index (χ4v) is 2.41. The Labute approximate surface area is 152 Å². The number of amides is 1. The van der Waals surface area contributed by atoms with Gasteiger partial charge in [0.2, 0.25) is 11.7 Å². The van der Waals surface area contributed by atoms with E-state index in [-0.39, 0.29) is 5.91 Å². The Kier molecular flexibility index (Phi) is 6.28. The van der Waals surface area contributed by atoms with Gasteiger partial charge in [-0.05, 0) is 19.1 Å². The number of hydrogen-bond acceptors (Lipinski definition) is 6. The molecule has 2 aromatic rings. The molecule has 0 heterocycles. The summed E-state index contributed by atoms with van der Waals surface area (Å²) in [5.41, 5.74) is 1.51. The molecular formula is C19H21N3O4. The van der Waals surface area contributed by atoms with Crippen molar-refractivity contribution < 1.29 is 19.0 Å². The van der Waals surface area contributed by atoms with Gasteiger partial charge in [0.25, 0.3) is 0 Å². The van der Waals surface area contributed by atoms with Crippen LogP contribution in [-0.4, -0.2) is 33.3 Å². The minimum absolute atomic E-state index is 0.276. The second kappa shape index (κ2) is 8.62. The first kappa shape index (κ1) is 18.9. The van der Waals surface area contributed by atoms with Gasteiger partial charge < -0.3 is 24.8 Å². The van der Waals surface area contributed by atoms with Crippen LogP contribution in [-0.2, 0) is 4.79 Å². The largest absolute Gasteiger partial charge is 0.493 e. The zero-order valence-electron chi connectivity index (χ0n) is 15.1. The fourth-order valence-electron chi connectivity index (χ4n) is 2.41. The quantitative estimate of drug-likeness (QED) is 0.793. The number of nitrogens with zero attached hydrogens (tertiary/aromatic N) is 1. The van der Waals surface area contributed by atoms with Crippen molar-refractivity contribution in [3.63, 3.8) is 0 Å². The van der Waals surface area contributed by atoms with Crippen LogP contribution < -0.4 is 24.8 Å². The second-order valence-electron chi connectivity index (χ2n) is 5.43. The van der Waals surface area contributed by atoms with E-state index in [9.17, 15) is 4.79 Å². The second-order valence-corrected chi connectivity index (χ2v) is 5.43. The Morgan fingerprint density at radius 3 is 2.23 bits per heavy atom. The molecule has 2 rings (SSSR count). The minimum Gasteiger partial charge on any atom is -0.493 e. The van der Waals surface area contributed by atoms with Crippen molar-refractivity contribution in [2.75, 3.05) is 32.0 Å². The Balaban J connectivity index is 2.17. The highest BCUT2D eigenvalue weighted by molar-refractivity contribution is 5.97. The maximum Gasteiger partial charge on any atom is 0.246 e. The third kappa shape index (κ3) is 4.16. The van der Waals surface area contributed by atoms with Crippen LogP contribution in [0, 0.1) is 11.3 Å². The van der Waals surface area contributed by atoms with Crippen LogP contribution in [0.4, 0.5) is 11.4 Å². The molecular weight excluding hydrogens is 334 g/mol. The first-order chi connectivity index (χ1) is 12.5. The normalized spacial score (nSPS) is 11.0. The molecule has 7 nitrogen and oxygen atoms in total. The lowest BCUT2D eigenvalue weighted by atomic mass is 10.2. The molecule has 0 aliphatic heterocycles. The molecule has 0 spiro atoms. The summed E-state index contributed by atoms with van der Waals surface area (Å²) >= 11 is 0. The maximum atomic E-state index is 12.4. The van der Waals surface area contributed by atoms with Crippen molar-refractivity contribution in [1.29, 1.82) is 5.26 Å². The summed E-state index contributed by atoms with van der Waals surface area (Å²) in [6, 6.07) is 11.7. The summed E-state index contributed by atoms with van der Waals surface area (Å²) in [5, 5.41) is 15.0. The van der Waals surface area contributed by atoms with E-state index in [1.165, 1.54) is 21.3 Å². The first-order valence-corrected chi connectivity index (χ1v) is 7.90. The van der Waals surface area contributed by atoms with Crippen molar-refractivity contribution in [3.8, 4) is 23.3 Å². The monoisotopic (exact) mass is 355 g/mol. The number of hydrogen-bond donors (Lipinski definition) is 2. The number of benzene rings is 2. The van der Waals surface area contributed by atoms with E-state index in [0.29, 0.717) is 34.2 Å². The molecule has 0 radical (unpaired) electrons. The van der Waals surface area contributed by atoms with Gasteiger partial charge in [-0.3, -0.25) is 4.79 Å². The van der Waals surface area contributed by atoms with Crippen molar-refractivity contribution >= 4 is 17.3 Å². The Morgan fingerprint density at radius 1 is 1.08 bits per heavy atom. The molecule has 0 aliphatic carbocycles. The number of ether oxygens (including phenoxy) is 3. The fraction of sp³-hybridized carbons (Fsp3) is 0.263. The molecule has 136 valence electrons. The number of nitriles is 1. The van der Waals surface area contributed by atoms with Crippen LogP contribution in [0.15, 0.2) is 36.4 Å². The summed E-state index contributed by atoms with van der Waals surface area (Å²) < 4.78 is 15.9. The number of para-hydroxylation sites is 1. The Hall–Kier alpha value is -3.40. The van der Waals surface area contributed by atoms with Gasteiger partial charge in [0.1, 0.15) is 12.1 Å². The molecule has 0 bridgehead atoms. The lowest BCUT2D eigenvalue weighted by Crippen LogP contribution is -2.32. The van der Waals surface area contributed by atoms with Crippen molar-refractivity contribution in [3.05, 3.63) is 42.0 Å². The lowest BCUT2D eigenvalue weighted by Gasteiger charge is -2.18. The number of rotatable bonds is 7. The van der Waals surface area contributed by atoms with Gasteiger partial charge in [0, 0.05) is 17.8 Å². The number of anilines is 2. The van der Waals surface area contributed by atoms with E-state index in [1.54, 1.807) is 43.3 Å². The molecule has 26 heavy (non-hydrogen) atoms. The number of nitrogens with one attached hydrogen (secondary N) is 2. The van der Waals surface area contributed by atoms with Gasteiger partial charge in [0.05, 0.1) is 32.6 Å². The molecule has 0 unspecified atom stereocenters. The highest BCUT2D eigenvalue weighted by atomic mass is 16.5. The van der Waals surface area contributed by atoms with Crippen molar-refractivity contribution in [1.82, 2.24) is 0 Å².